The van der Waals surface area contributed by atoms with E-state index in [4.69, 9.17) is 10.8 Å². The van der Waals surface area contributed by atoms with Crippen LogP contribution in [0, 0.1) is 11.7 Å². The molecule has 0 aliphatic carbocycles. The Balaban J connectivity index is 2.84. The average molecular weight is 268 g/mol. The van der Waals surface area contributed by atoms with Gasteiger partial charge in [0.1, 0.15) is 5.82 Å². The fourth-order valence-electron chi connectivity index (χ4n) is 1.73. The van der Waals surface area contributed by atoms with Crippen LogP contribution in [0.25, 0.3) is 0 Å². The number of amides is 1. The number of hydrogen-bond donors (Lipinski definition) is 3. The first kappa shape index (κ1) is 15.1. The average Bonchev–Trinajstić information content (AvgIpc) is 2.30. The Hall–Kier alpha value is -1.95. The van der Waals surface area contributed by atoms with Gasteiger partial charge in [-0.05, 0) is 24.1 Å². The van der Waals surface area contributed by atoms with E-state index in [1.807, 2.05) is 13.8 Å². The molecule has 104 valence electrons. The maximum atomic E-state index is 13.5. The van der Waals surface area contributed by atoms with Gasteiger partial charge in [0, 0.05) is 12.1 Å². The molecule has 0 saturated heterocycles. The third-order valence-electron chi connectivity index (χ3n) is 2.78. The lowest BCUT2D eigenvalue weighted by Crippen LogP contribution is -2.44. The molecule has 0 aromatic heterocycles. The summed E-state index contributed by atoms with van der Waals surface area (Å²) in [6.07, 6.45) is 0. The topological polar surface area (TPSA) is 92.4 Å². The van der Waals surface area contributed by atoms with Crippen LogP contribution in [0.15, 0.2) is 18.2 Å². The Bertz CT molecular complexity index is 489. The van der Waals surface area contributed by atoms with Crippen molar-refractivity contribution in [3.05, 3.63) is 35.1 Å². The van der Waals surface area contributed by atoms with Crippen molar-refractivity contribution in [2.24, 2.45) is 11.7 Å². The van der Waals surface area contributed by atoms with Gasteiger partial charge in [0.2, 0.25) is 5.91 Å². The van der Waals surface area contributed by atoms with Crippen LogP contribution in [-0.2, 0) is 11.3 Å². The van der Waals surface area contributed by atoms with E-state index >= 15 is 0 Å². The van der Waals surface area contributed by atoms with Gasteiger partial charge in [0.15, 0.2) is 0 Å². The van der Waals surface area contributed by atoms with Crippen LogP contribution in [0.1, 0.15) is 29.8 Å². The molecule has 0 bridgehead atoms. The Labute approximate surface area is 110 Å². The van der Waals surface area contributed by atoms with Gasteiger partial charge in [0.05, 0.1) is 11.6 Å². The van der Waals surface area contributed by atoms with Crippen molar-refractivity contribution < 1.29 is 19.1 Å². The van der Waals surface area contributed by atoms with E-state index in [-0.39, 0.29) is 23.6 Å². The van der Waals surface area contributed by atoms with Crippen molar-refractivity contribution in [3.63, 3.8) is 0 Å². The molecule has 1 aromatic carbocycles. The lowest BCUT2D eigenvalue weighted by atomic mass is 10.0. The molecule has 1 rings (SSSR count). The van der Waals surface area contributed by atoms with E-state index in [2.05, 4.69) is 5.32 Å². The van der Waals surface area contributed by atoms with Gasteiger partial charge in [-0.15, -0.1) is 0 Å². The van der Waals surface area contributed by atoms with Crippen molar-refractivity contribution in [2.45, 2.75) is 26.4 Å². The standard InChI is InChI=1S/C13H17FN2O3/c1-7(2)11(12(15)17)16-6-9-5-8(13(18)19)3-4-10(9)14/h3-5,7,11,16H,6H2,1-2H3,(H2,15,17)(H,18,19). The lowest BCUT2D eigenvalue weighted by molar-refractivity contribution is -0.121. The number of primary amides is 1. The summed E-state index contributed by atoms with van der Waals surface area (Å²) in [5, 5.41) is 11.7. The zero-order chi connectivity index (χ0) is 14.6. The Morgan fingerprint density at radius 3 is 2.53 bits per heavy atom. The van der Waals surface area contributed by atoms with Crippen LogP contribution in [0.2, 0.25) is 0 Å². The monoisotopic (exact) mass is 268 g/mol. The molecule has 1 aromatic rings. The van der Waals surface area contributed by atoms with E-state index in [0.717, 1.165) is 6.07 Å². The maximum absolute atomic E-state index is 13.5. The number of aromatic carboxylic acids is 1. The van der Waals surface area contributed by atoms with Gasteiger partial charge in [-0.3, -0.25) is 4.79 Å². The smallest absolute Gasteiger partial charge is 0.335 e. The predicted molar refractivity (Wildman–Crippen MR) is 68.0 cm³/mol. The third-order valence-corrected chi connectivity index (χ3v) is 2.78. The highest BCUT2D eigenvalue weighted by molar-refractivity contribution is 5.87. The summed E-state index contributed by atoms with van der Waals surface area (Å²) in [5.74, 6) is -2.21. The van der Waals surface area contributed by atoms with E-state index in [9.17, 15) is 14.0 Å². The first-order chi connectivity index (χ1) is 8.82. The number of carbonyl (C=O) groups excluding carboxylic acids is 1. The highest BCUT2D eigenvalue weighted by atomic mass is 19.1. The number of hydrogen-bond acceptors (Lipinski definition) is 3. The highest BCUT2D eigenvalue weighted by Crippen LogP contribution is 2.12. The molecule has 5 nitrogen and oxygen atoms in total. The molecular formula is C13H17FN2O3. The second-order valence-electron chi connectivity index (χ2n) is 4.62. The minimum atomic E-state index is -1.13. The first-order valence-corrected chi connectivity index (χ1v) is 5.87. The number of nitrogens with one attached hydrogen (secondary N) is 1. The molecular weight excluding hydrogens is 251 g/mol. The Kier molecular flexibility index (Phi) is 5.00. The summed E-state index contributed by atoms with van der Waals surface area (Å²) in [6.45, 7) is 3.66. The summed E-state index contributed by atoms with van der Waals surface area (Å²) in [6, 6.07) is 2.93. The number of carboxylic acid groups (broad SMARTS) is 1. The zero-order valence-corrected chi connectivity index (χ0v) is 10.8. The number of benzene rings is 1. The van der Waals surface area contributed by atoms with Gasteiger partial charge < -0.3 is 16.2 Å². The van der Waals surface area contributed by atoms with E-state index in [1.165, 1.54) is 12.1 Å². The molecule has 0 heterocycles. The van der Waals surface area contributed by atoms with Crippen LogP contribution in [0.4, 0.5) is 4.39 Å². The normalized spacial score (nSPS) is 12.4. The largest absolute Gasteiger partial charge is 0.478 e. The van der Waals surface area contributed by atoms with E-state index in [0.29, 0.717) is 0 Å². The van der Waals surface area contributed by atoms with Gasteiger partial charge in [0.25, 0.3) is 0 Å². The van der Waals surface area contributed by atoms with Crippen molar-refractivity contribution in [3.8, 4) is 0 Å². The fraction of sp³-hybridized carbons (Fsp3) is 0.385. The molecule has 0 spiro atoms. The lowest BCUT2D eigenvalue weighted by Gasteiger charge is -2.19. The minimum absolute atomic E-state index is 0.00151. The molecule has 0 aliphatic heterocycles. The van der Waals surface area contributed by atoms with E-state index < -0.39 is 23.7 Å². The minimum Gasteiger partial charge on any atom is -0.478 e. The predicted octanol–water partition coefficient (Wildman–Crippen LogP) is 1.12. The number of carboxylic acids is 1. The van der Waals surface area contributed by atoms with Crippen LogP contribution >= 0.6 is 0 Å². The number of rotatable bonds is 6. The van der Waals surface area contributed by atoms with Gasteiger partial charge in [-0.1, -0.05) is 13.8 Å². The Morgan fingerprint density at radius 1 is 1.42 bits per heavy atom. The number of carbonyl (C=O) groups is 2. The Morgan fingerprint density at radius 2 is 2.05 bits per heavy atom. The SMILES string of the molecule is CC(C)C(NCc1cc(C(=O)O)ccc1F)C(N)=O. The molecule has 0 fully saturated rings. The van der Waals surface area contributed by atoms with Gasteiger partial charge >= 0.3 is 5.97 Å². The maximum Gasteiger partial charge on any atom is 0.335 e. The molecule has 1 amide bonds. The fourth-order valence-corrected chi connectivity index (χ4v) is 1.73. The molecule has 1 atom stereocenters. The summed E-state index contributed by atoms with van der Waals surface area (Å²) in [7, 11) is 0. The summed E-state index contributed by atoms with van der Waals surface area (Å²) < 4.78 is 13.5. The molecule has 4 N–H and O–H groups in total. The highest BCUT2D eigenvalue weighted by Gasteiger charge is 2.19. The summed E-state index contributed by atoms with van der Waals surface area (Å²) in [4.78, 5) is 22.0. The van der Waals surface area contributed by atoms with Crippen LogP contribution in [0.5, 0.6) is 0 Å². The third kappa shape index (κ3) is 4.03. The first-order valence-electron chi connectivity index (χ1n) is 5.87. The summed E-state index contributed by atoms with van der Waals surface area (Å²) in [5.41, 5.74) is 5.41. The second-order valence-corrected chi connectivity index (χ2v) is 4.62. The van der Waals surface area contributed by atoms with Crippen LogP contribution in [0.3, 0.4) is 0 Å². The van der Waals surface area contributed by atoms with Gasteiger partial charge in [-0.25, -0.2) is 9.18 Å². The molecule has 6 heteroatoms. The van der Waals surface area contributed by atoms with Crippen LogP contribution < -0.4 is 11.1 Å². The molecule has 0 radical (unpaired) electrons. The van der Waals surface area contributed by atoms with Crippen molar-refractivity contribution in [1.82, 2.24) is 5.32 Å². The quantitative estimate of drug-likeness (QED) is 0.721. The molecule has 1 unspecified atom stereocenters. The molecule has 19 heavy (non-hydrogen) atoms. The van der Waals surface area contributed by atoms with Gasteiger partial charge in [-0.2, -0.15) is 0 Å². The summed E-state index contributed by atoms with van der Waals surface area (Å²) >= 11 is 0. The van der Waals surface area contributed by atoms with Crippen molar-refractivity contribution >= 4 is 11.9 Å². The second kappa shape index (κ2) is 6.29. The number of nitrogens with two attached hydrogens (primary N) is 1. The van der Waals surface area contributed by atoms with Crippen LogP contribution in [-0.4, -0.2) is 23.0 Å². The zero-order valence-electron chi connectivity index (χ0n) is 10.8. The van der Waals surface area contributed by atoms with Crippen molar-refractivity contribution in [1.29, 1.82) is 0 Å². The van der Waals surface area contributed by atoms with E-state index in [1.54, 1.807) is 0 Å². The number of halogens is 1. The van der Waals surface area contributed by atoms with Crippen molar-refractivity contribution in [2.75, 3.05) is 0 Å². The molecule has 0 aliphatic rings. The molecule has 0 saturated carbocycles.